The number of benzene rings is 1. The molecule has 8 heteroatoms. The molecule has 0 aliphatic heterocycles. The van der Waals surface area contributed by atoms with Gasteiger partial charge >= 0.3 is 0 Å². The highest BCUT2D eigenvalue weighted by Crippen LogP contribution is 2.21. The SMILES string of the molecule is O=C(/C=C/c1ccc(F)cc1)N(CCCO)S(=O)(=O)c1cccs1. The van der Waals surface area contributed by atoms with Gasteiger partial charge in [0.15, 0.2) is 0 Å². The van der Waals surface area contributed by atoms with Gasteiger partial charge in [0.2, 0.25) is 0 Å². The molecule has 0 fully saturated rings. The summed E-state index contributed by atoms with van der Waals surface area (Å²) in [6, 6.07) is 8.45. The molecule has 0 aliphatic rings. The topological polar surface area (TPSA) is 74.7 Å². The first kappa shape index (κ1) is 18.3. The minimum absolute atomic E-state index is 0.0592. The summed E-state index contributed by atoms with van der Waals surface area (Å²) in [4.78, 5) is 12.3. The normalized spacial score (nSPS) is 11.8. The molecule has 1 N–H and O–H groups in total. The average Bonchev–Trinajstić information content (AvgIpc) is 3.10. The molecule has 0 atom stereocenters. The van der Waals surface area contributed by atoms with E-state index >= 15 is 0 Å². The van der Waals surface area contributed by atoms with Crippen LogP contribution >= 0.6 is 11.3 Å². The van der Waals surface area contributed by atoms with Crippen molar-refractivity contribution in [1.29, 1.82) is 0 Å². The van der Waals surface area contributed by atoms with Gasteiger partial charge in [-0.2, -0.15) is 0 Å². The lowest BCUT2D eigenvalue weighted by atomic mass is 10.2. The van der Waals surface area contributed by atoms with Crippen LogP contribution in [0, 0.1) is 5.82 Å². The van der Waals surface area contributed by atoms with E-state index in [0.29, 0.717) is 5.56 Å². The van der Waals surface area contributed by atoms with E-state index in [1.165, 1.54) is 36.4 Å². The highest BCUT2D eigenvalue weighted by molar-refractivity contribution is 7.91. The standard InChI is InChI=1S/C16H16FNO4S2/c17-14-7-4-13(5-8-14)6-9-15(20)18(10-2-11-19)24(21,22)16-3-1-12-23-16/h1,3-9,12,19H,2,10-11H2/b9-6+. The number of thiophene rings is 1. The predicted molar refractivity (Wildman–Crippen MR) is 90.4 cm³/mol. The number of halogens is 1. The third kappa shape index (κ3) is 4.50. The van der Waals surface area contributed by atoms with Gasteiger partial charge in [-0.05, 0) is 41.6 Å². The fourth-order valence-electron chi connectivity index (χ4n) is 1.91. The third-order valence-electron chi connectivity index (χ3n) is 3.09. The van der Waals surface area contributed by atoms with Crippen LogP contribution in [0.5, 0.6) is 0 Å². The van der Waals surface area contributed by atoms with Crippen molar-refractivity contribution in [3.63, 3.8) is 0 Å². The van der Waals surface area contributed by atoms with Crippen LogP contribution in [0.25, 0.3) is 6.08 Å². The molecule has 0 saturated heterocycles. The summed E-state index contributed by atoms with van der Waals surface area (Å²) in [5, 5.41) is 10.6. The predicted octanol–water partition coefficient (Wildman–Crippen LogP) is 2.50. The number of carbonyl (C=O) groups is 1. The number of aliphatic hydroxyl groups excluding tert-OH is 1. The number of aliphatic hydroxyl groups is 1. The Morgan fingerprint density at radius 3 is 2.54 bits per heavy atom. The zero-order chi connectivity index (χ0) is 17.6. The Bertz CT molecular complexity index is 799. The monoisotopic (exact) mass is 369 g/mol. The van der Waals surface area contributed by atoms with Crippen LogP contribution in [0.3, 0.4) is 0 Å². The number of amides is 1. The summed E-state index contributed by atoms with van der Waals surface area (Å²) in [6.45, 7) is -0.352. The van der Waals surface area contributed by atoms with E-state index in [0.717, 1.165) is 21.7 Å². The number of hydrogen-bond donors (Lipinski definition) is 1. The average molecular weight is 369 g/mol. The van der Waals surface area contributed by atoms with Crippen molar-refractivity contribution < 1.29 is 22.7 Å². The largest absolute Gasteiger partial charge is 0.396 e. The molecule has 128 valence electrons. The van der Waals surface area contributed by atoms with Gasteiger partial charge in [-0.15, -0.1) is 11.3 Å². The maximum Gasteiger partial charge on any atom is 0.276 e. The van der Waals surface area contributed by atoms with E-state index in [1.807, 2.05) is 0 Å². The molecule has 0 radical (unpaired) electrons. The van der Waals surface area contributed by atoms with Gasteiger partial charge in [-0.25, -0.2) is 17.1 Å². The second-order valence-corrected chi connectivity index (χ2v) is 7.85. The Hall–Kier alpha value is -2.03. The molecule has 1 aromatic carbocycles. The van der Waals surface area contributed by atoms with Crippen LogP contribution in [0.15, 0.2) is 52.1 Å². The smallest absolute Gasteiger partial charge is 0.276 e. The molecule has 1 amide bonds. The van der Waals surface area contributed by atoms with Gasteiger partial charge in [-0.1, -0.05) is 18.2 Å². The van der Waals surface area contributed by atoms with Crippen molar-refractivity contribution in [3.05, 3.63) is 59.2 Å². The van der Waals surface area contributed by atoms with Crippen molar-refractivity contribution >= 4 is 33.3 Å². The Kier molecular flexibility index (Phi) is 6.24. The highest BCUT2D eigenvalue weighted by atomic mass is 32.2. The quantitative estimate of drug-likeness (QED) is 0.761. The molecule has 0 saturated carbocycles. The summed E-state index contributed by atoms with van der Waals surface area (Å²) >= 11 is 1.02. The van der Waals surface area contributed by atoms with E-state index in [-0.39, 0.29) is 23.8 Å². The van der Waals surface area contributed by atoms with E-state index in [4.69, 9.17) is 5.11 Å². The summed E-state index contributed by atoms with van der Waals surface area (Å²) in [6.07, 6.45) is 2.67. The van der Waals surface area contributed by atoms with E-state index in [9.17, 15) is 17.6 Å². The van der Waals surface area contributed by atoms with Gasteiger partial charge in [0.05, 0.1) is 0 Å². The Morgan fingerprint density at radius 1 is 1.25 bits per heavy atom. The summed E-state index contributed by atoms with van der Waals surface area (Å²) in [7, 11) is -3.96. The number of sulfonamides is 1. The van der Waals surface area contributed by atoms with Crippen LogP contribution in [-0.2, 0) is 14.8 Å². The first-order valence-electron chi connectivity index (χ1n) is 7.10. The maximum atomic E-state index is 12.9. The highest BCUT2D eigenvalue weighted by Gasteiger charge is 2.28. The molecule has 0 aliphatic carbocycles. The summed E-state index contributed by atoms with van der Waals surface area (Å²) < 4.78 is 38.8. The first-order valence-corrected chi connectivity index (χ1v) is 9.42. The minimum Gasteiger partial charge on any atom is -0.396 e. The van der Waals surface area contributed by atoms with Gasteiger partial charge in [0.25, 0.3) is 15.9 Å². The van der Waals surface area contributed by atoms with Crippen LogP contribution in [-0.4, -0.2) is 36.9 Å². The van der Waals surface area contributed by atoms with Crippen molar-refractivity contribution in [1.82, 2.24) is 4.31 Å². The van der Waals surface area contributed by atoms with Crippen LogP contribution in [0.4, 0.5) is 4.39 Å². The molecule has 1 heterocycles. The Morgan fingerprint density at radius 2 is 1.96 bits per heavy atom. The van der Waals surface area contributed by atoms with Gasteiger partial charge in [0, 0.05) is 19.2 Å². The molecule has 0 spiro atoms. The third-order valence-corrected chi connectivity index (χ3v) is 6.26. The maximum absolute atomic E-state index is 12.9. The first-order chi connectivity index (χ1) is 11.4. The van der Waals surface area contributed by atoms with E-state index < -0.39 is 21.7 Å². The Labute approximate surface area is 143 Å². The number of rotatable bonds is 7. The second kappa shape index (κ2) is 8.18. The van der Waals surface area contributed by atoms with Gasteiger partial charge in [-0.3, -0.25) is 4.79 Å². The molecular weight excluding hydrogens is 353 g/mol. The van der Waals surface area contributed by atoms with E-state index in [1.54, 1.807) is 11.4 Å². The molecule has 24 heavy (non-hydrogen) atoms. The van der Waals surface area contributed by atoms with Crippen molar-refractivity contribution in [2.24, 2.45) is 0 Å². The molecule has 1 aromatic heterocycles. The molecule has 5 nitrogen and oxygen atoms in total. The van der Waals surface area contributed by atoms with Crippen molar-refractivity contribution in [3.8, 4) is 0 Å². The number of hydrogen-bond acceptors (Lipinski definition) is 5. The fourth-order valence-corrected chi connectivity index (χ4v) is 4.41. The molecule has 2 rings (SSSR count). The zero-order valence-electron chi connectivity index (χ0n) is 12.6. The Balaban J connectivity index is 2.24. The minimum atomic E-state index is -3.96. The van der Waals surface area contributed by atoms with E-state index in [2.05, 4.69) is 0 Å². The summed E-state index contributed by atoms with van der Waals surface area (Å²) in [5.74, 6) is -1.12. The van der Waals surface area contributed by atoms with Crippen LogP contribution in [0.1, 0.15) is 12.0 Å². The summed E-state index contributed by atoms with van der Waals surface area (Å²) in [5.41, 5.74) is 0.570. The zero-order valence-corrected chi connectivity index (χ0v) is 14.3. The lowest BCUT2D eigenvalue weighted by Crippen LogP contribution is -2.36. The molecule has 0 unspecified atom stereocenters. The van der Waals surface area contributed by atoms with Gasteiger partial charge in [0.1, 0.15) is 10.0 Å². The van der Waals surface area contributed by atoms with Crippen molar-refractivity contribution in [2.45, 2.75) is 10.6 Å². The fraction of sp³-hybridized carbons (Fsp3) is 0.188. The second-order valence-electron chi connectivity index (χ2n) is 4.81. The van der Waals surface area contributed by atoms with Crippen LogP contribution < -0.4 is 0 Å². The molecular formula is C16H16FNO4S2. The number of nitrogens with zero attached hydrogens (tertiary/aromatic N) is 1. The molecule has 2 aromatic rings. The van der Waals surface area contributed by atoms with Gasteiger partial charge < -0.3 is 5.11 Å². The van der Waals surface area contributed by atoms with Crippen LogP contribution in [0.2, 0.25) is 0 Å². The lowest BCUT2D eigenvalue weighted by Gasteiger charge is -2.19. The lowest BCUT2D eigenvalue weighted by molar-refractivity contribution is -0.121. The van der Waals surface area contributed by atoms with Crippen molar-refractivity contribution in [2.75, 3.05) is 13.2 Å². The molecule has 0 bridgehead atoms. The number of carbonyl (C=O) groups excluding carboxylic acids is 1.